The maximum atomic E-state index is 5.73. The Bertz CT molecular complexity index is 675. The quantitative estimate of drug-likeness (QED) is 0.599. The minimum absolute atomic E-state index is 0.136. The zero-order valence-corrected chi connectivity index (χ0v) is 15.8. The molecule has 0 aliphatic carbocycles. The van der Waals surface area contributed by atoms with Crippen molar-refractivity contribution in [1.29, 1.82) is 0 Å². The highest BCUT2D eigenvalue weighted by molar-refractivity contribution is 5.80. The molecule has 6 nitrogen and oxygen atoms in total. The summed E-state index contributed by atoms with van der Waals surface area (Å²) < 4.78 is 7.58. The lowest BCUT2D eigenvalue weighted by molar-refractivity contribution is 0.271. The van der Waals surface area contributed by atoms with Gasteiger partial charge in [-0.3, -0.25) is 9.67 Å². The number of aliphatic imine (C=N–C) groups is 1. The summed E-state index contributed by atoms with van der Waals surface area (Å²) in [6.07, 6.45) is 1.79. The monoisotopic (exact) mass is 343 g/mol. The van der Waals surface area contributed by atoms with Crippen LogP contribution in [-0.2, 0) is 13.6 Å². The van der Waals surface area contributed by atoms with Gasteiger partial charge in [0.2, 0.25) is 0 Å². The lowest BCUT2D eigenvalue weighted by atomic mass is 10.1. The largest absolute Gasteiger partial charge is 0.493 e. The molecule has 0 fully saturated rings. The Kier molecular flexibility index (Phi) is 6.86. The molecule has 0 spiro atoms. The summed E-state index contributed by atoms with van der Waals surface area (Å²) in [5.74, 6) is 2.19. The molecule has 1 aromatic carbocycles. The van der Waals surface area contributed by atoms with Crippen LogP contribution in [0.25, 0.3) is 0 Å². The molecule has 6 heteroatoms. The minimum Gasteiger partial charge on any atom is -0.493 e. The molecule has 0 bridgehead atoms. The van der Waals surface area contributed by atoms with Gasteiger partial charge in [-0.1, -0.05) is 26.0 Å². The van der Waals surface area contributed by atoms with Gasteiger partial charge in [-0.25, -0.2) is 0 Å². The van der Waals surface area contributed by atoms with E-state index in [2.05, 4.69) is 53.6 Å². The van der Waals surface area contributed by atoms with Gasteiger partial charge in [0.25, 0.3) is 0 Å². The first kappa shape index (κ1) is 18.8. The van der Waals surface area contributed by atoms with E-state index in [1.807, 2.05) is 29.9 Å². The van der Waals surface area contributed by atoms with Crippen LogP contribution < -0.4 is 15.4 Å². The van der Waals surface area contributed by atoms with Crippen LogP contribution in [0.2, 0.25) is 0 Å². The molecule has 136 valence electrons. The third-order valence-electron chi connectivity index (χ3n) is 3.90. The number of nitrogens with zero attached hydrogens (tertiary/aromatic N) is 3. The zero-order valence-electron chi connectivity index (χ0n) is 15.8. The van der Waals surface area contributed by atoms with E-state index in [-0.39, 0.29) is 6.04 Å². The first-order chi connectivity index (χ1) is 12.0. The third-order valence-corrected chi connectivity index (χ3v) is 3.90. The minimum atomic E-state index is 0.136. The van der Waals surface area contributed by atoms with E-state index >= 15 is 0 Å². The van der Waals surface area contributed by atoms with Crippen molar-refractivity contribution in [1.82, 2.24) is 20.4 Å². The molecule has 0 aliphatic rings. The van der Waals surface area contributed by atoms with Crippen molar-refractivity contribution < 1.29 is 4.74 Å². The van der Waals surface area contributed by atoms with Crippen LogP contribution in [0, 0.1) is 5.92 Å². The van der Waals surface area contributed by atoms with E-state index in [9.17, 15) is 0 Å². The zero-order chi connectivity index (χ0) is 18.2. The summed E-state index contributed by atoms with van der Waals surface area (Å²) in [6.45, 7) is 7.80. The van der Waals surface area contributed by atoms with Gasteiger partial charge in [0.05, 0.1) is 24.9 Å². The molecule has 1 atom stereocenters. The lowest BCUT2D eigenvalue weighted by Crippen LogP contribution is -2.38. The van der Waals surface area contributed by atoms with Crippen molar-refractivity contribution in [2.45, 2.75) is 33.4 Å². The van der Waals surface area contributed by atoms with E-state index in [0.29, 0.717) is 12.5 Å². The van der Waals surface area contributed by atoms with Crippen molar-refractivity contribution in [3.05, 3.63) is 47.8 Å². The van der Waals surface area contributed by atoms with Gasteiger partial charge in [-0.15, -0.1) is 0 Å². The van der Waals surface area contributed by atoms with Crippen LogP contribution in [0.4, 0.5) is 0 Å². The maximum Gasteiger partial charge on any atom is 0.191 e. The molecule has 0 radical (unpaired) electrons. The summed E-state index contributed by atoms with van der Waals surface area (Å²) in [4.78, 5) is 4.29. The average Bonchev–Trinajstić information content (AvgIpc) is 3.02. The summed E-state index contributed by atoms with van der Waals surface area (Å²) in [5.41, 5.74) is 2.28. The predicted molar refractivity (Wildman–Crippen MR) is 102 cm³/mol. The molecule has 2 rings (SSSR count). The number of guanidine groups is 1. The molecule has 25 heavy (non-hydrogen) atoms. The summed E-state index contributed by atoms with van der Waals surface area (Å²) in [5, 5.41) is 10.9. The van der Waals surface area contributed by atoms with E-state index in [0.717, 1.165) is 24.0 Å². The Morgan fingerprint density at radius 2 is 1.92 bits per heavy atom. The summed E-state index contributed by atoms with van der Waals surface area (Å²) in [6, 6.07) is 10.3. The second-order valence-corrected chi connectivity index (χ2v) is 6.51. The Hall–Kier alpha value is -2.50. The van der Waals surface area contributed by atoms with Gasteiger partial charge in [-0.2, -0.15) is 5.10 Å². The van der Waals surface area contributed by atoms with Crippen molar-refractivity contribution in [3.63, 3.8) is 0 Å². The van der Waals surface area contributed by atoms with Crippen molar-refractivity contribution in [2.24, 2.45) is 18.0 Å². The lowest BCUT2D eigenvalue weighted by Gasteiger charge is -2.19. The molecule has 0 aliphatic heterocycles. The standard InChI is InChI=1S/C19H29N5O/c1-14(2)13-25-18-8-6-16(7-9-18)15(3)23-19(20-4)21-12-17-10-11-22-24(17)5/h6-11,14-15H,12-13H2,1-5H3,(H2,20,21,23). The van der Waals surface area contributed by atoms with Crippen LogP contribution >= 0.6 is 0 Å². The molecule has 2 N–H and O–H groups in total. The fourth-order valence-corrected chi connectivity index (χ4v) is 2.35. The highest BCUT2D eigenvalue weighted by atomic mass is 16.5. The number of rotatable bonds is 7. The molecular formula is C19H29N5O. The van der Waals surface area contributed by atoms with Crippen molar-refractivity contribution in [2.75, 3.05) is 13.7 Å². The Morgan fingerprint density at radius 3 is 2.48 bits per heavy atom. The number of aromatic nitrogens is 2. The molecule has 1 heterocycles. The molecule has 0 amide bonds. The predicted octanol–water partition coefficient (Wildman–Crippen LogP) is 2.88. The highest BCUT2D eigenvalue weighted by Gasteiger charge is 2.09. The SMILES string of the molecule is CN=C(NCc1ccnn1C)NC(C)c1ccc(OCC(C)C)cc1. The second-order valence-electron chi connectivity index (χ2n) is 6.51. The van der Waals surface area contributed by atoms with Gasteiger partial charge in [0.15, 0.2) is 5.96 Å². The number of ether oxygens (including phenoxy) is 1. The van der Waals surface area contributed by atoms with Crippen LogP contribution in [0.3, 0.4) is 0 Å². The summed E-state index contributed by atoms with van der Waals surface area (Å²) in [7, 11) is 3.70. The smallest absolute Gasteiger partial charge is 0.191 e. The number of benzene rings is 1. The van der Waals surface area contributed by atoms with Crippen LogP contribution in [-0.4, -0.2) is 29.4 Å². The van der Waals surface area contributed by atoms with E-state index < -0.39 is 0 Å². The summed E-state index contributed by atoms with van der Waals surface area (Å²) >= 11 is 0. The first-order valence-electron chi connectivity index (χ1n) is 8.66. The number of aryl methyl sites for hydroxylation is 1. The topological polar surface area (TPSA) is 63.5 Å². The van der Waals surface area contributed by atoms with E-state index in [1.54, 1.807) is 13.2 Å². The molecule has 2 aromatic rings. The fourth-order valence-electron chi connectivity index (χ4n) is 2.35. The number of nitrogens with one attached hydrogen (secondary N) is 2. The Balaban J connectivity index is 1.88. The Morgan fingerprint density at radius 1 is 1.20 bits per heavy atom. The number of hydrogen-bond acceptors (Lipinski definition) is 3. The van der Waals surface area contributed by atoms with Gasteiger partial charge in [-0.05, 0) is 36.6 Å². The normalized spacial score (nSPS) is 13.0. The van der Waals surface area contributed by atoms with Crippen LogP contribution in [0.1, 0.15) is 38.1 Å². The van der Waals surface area contributed by atoms with Crippen LogP contribution in [0.15, 0.2) is 41.5 Å². The average molecular weight is 343 g/mol. The molecule has 0 saturated carbocycles. The van der Waals surface area contributed by atoms with E-state index in [1.165, 1.54) is 5.56 Å². The molecule has 0 saturated heterocycles. The molecular weight excluding hydrogens is 314 g/mol. The van der Waals surface area contributed by atoms with Crippen molar-refractivity contribution >= 4 is 5.96 Å². The highest BCUT2D eigenvalue weighted by Crippen LogP contribution is 2.18. The number of hydrogen-bond donors (Lipinski definition) is 2. The Labute approximate surface area is 150 Å². The van der Waals surface area contributed by atoms with Crippen molar-refractivity contribution in [3.8, 4) is 5.75 Å². The maximum absolute atomic E-state index is 5.73. The van der Waals surface area contributed by atoms with Gasteiger partial charge in [0, 0.05) is 20.3 Å². The third kappa shape index (κ3) is 5.81. The van der Waals surface area contributed by atoms with Gasteiger partial charge < -0.3 is 15.4 Å². The van der Waals surface area contributed by atoms with E-state index in [4.69, 9.17) is 4.74 Å². The molecule has 1 aromatic heterocycles. The van der Waals surface area contributed by atoms with Crippen LogP contribution in [0.5, 0.6) is 5.75 Å². The first-order valence-corrected chi connectivity index (χ1v) is 8.66. The fraction of sp³-hybridized carbons (Fsp3) is 0.474. The second kappa shape index (κ2) is 9.11. The van der Waals surface area contributed by atoms with Gasteiger partial charge in [0.1, 0.15) is 5.75 Å². The molecule has 1 unspecified atom stereocenters. The van der Waals surface area contributed by atoms with Gasteiger partial charge >= 0.3 is 0 Å².